The van der Waals surface area contributed by atoms with Gasteiger partial charge in [-0.3, -0.25) is 0 Å². The van der Waals surface area contributed by atoms with Crippen molar-refractivity contribution in [3.8, 4) is 6.07 Å². The molecule has 1 heterocycles. The molecule has 1 fully saturated rings. The first kappa shape index (κ1) is 14.6. The van der Waals surface area contributed by atoms with Crippen LogP contribution in [0.4, 0.5) is 0 Å². The molecule has 2 rings (SSSR count). The van der Waals surface area contributed by atoms with Gasteiger partial charge in [-0.15, -0.1) is 0 Å². The highest BCUT2D eigenvalue weighted by atomic mass is 32.2. The molecule has 1 aliphatic rings. The van der Waals surface area contributed by atoms with Gasteiger partial charge in [-0.05, 0) is 25.8 Å². The normalized spacial score (nSPS) is 16.6. The van der Waals surface area contributed by atoms with Gasteiger partial charge in [0.1, 0.15) is 10.6 Å². The molecule has 1 unspecified atom stereocenters. The van der Waals surface area contributed by atoms with Crippen molar-refractivity contribution in [1.29, 1.82) is 5.26 Å². The van der Waals surface area contributed by atoms with Crippen molar-refractivity contribution in [3.63, 3.8) is 0 Å². The number of carboxylic acids is 1. The number of aromatic carboxylic acids is 1. The van der Waals surface area contributed by atoms with Gasteiger partial charge in [-0.2, -0.15) is 5.26 Å². The summed E-state index contributed by atoms with van der Waals surface area (Å²) >= 11 is 0. The van der Waals surface area contributed by atoms with Gasteiger partial charge in [-0.1, -0.05) is 0 Å². The number of carboxylic acid groups (broad SMARTS) is 1. The predicted molar refractivity (Wildman–Crippen MR) is 69.7 cm³/mol. The van der Waals surface area contributed by atoms with Crippen LogP contribution >= 0.6 is 0 Å². The summed E-state index contributed by atoms with van der Waals surface area (Å²) in [5.41, 5.74) is -0.0270. The van der Waals surface area contributed by atoms with E-state index in [1.807, 2.05) is 6.07 Å². The number of hydrogen-bond donors (Lipinski definition) is 2. The average Bonchev–Trinajstić information content (AvgIpc) is 3.06. The maximum atomic E-state index is 12.1. The van der Waals surface area contributed by atoms with Crippen LogP contribution in [0.15, 0.2) is 17.2 Å². The van der Waals surface area contributed by atoms with Gasteiger partial charge in [0.2, 0.25) is 10.0 Å². The molecule has 7 nitrogen and oxygen atoms in total. The van der Waals surface area contributed by atoms with Crippen LogP contribution in [0, 0.1) is 11.3 Å². The fourth-order valence-corrected chi connectivity index (χ4v) is 3.21. The van der Waals surface area contributed by atoms with Crippen LogP contribution < -0.4 is 4.72 Å². The zero-order chi connectivity index (χ0) is 14.9. The smallest absolute Gasteiger partial charge is 0.352 e. The van der Waals surface area contributed by atoms with Crippen LogP contribution in [0.2, 0.25) is 0 Å². The molecule has 1 aliphatic carbocycles. The largest absolute Gasteiger partial charge is 0.477 e. The van der Waals surface area contributed by atoms with Crippen molar-refractivity contribution >= 4 is 16.0 Å². The summed E-state index contributed by atoms with van der Waals surface area (Å²) in [6, 6.07) is 2.58. The minimum absolute atomic E-state index is 0.0270. The Bertz CT molecular complexity index is 667. The molecule has 0 radical (unpaired) electrons. The Balaban J connectivity index is 2.30. The fourth-order valence-electron chi connectivity index (χ4n) is 1.94. The Morgan fingerprint density at radius 3 is 2.80 bits per heavy atom. The second-order valence-electron chi connectivity index (χ2n) is 4.89. The number of nitriles is 1. The van der Waals surface area contributed by atoms with Crippen LogP contribution in [-0.4, -0.2) is 30.1 Å². The van der Waals surface area contributed by atoms with Gasteiger partial charge in [0.05, 0.1) is 12.5 Å². The lowest BCUT2D eigenvalue weighted by atomic mass is 10.3. The molecule has 0 saturated heterocycles. The molecule has 1 saturated carbocycles. The number of nitrogens with zero attached hydrogens (tertiary/aromatic N) is 2. The Labute approximate surface area is 116 Å². The highest BCUT2D eigenvalue weighted by Gasteiger charge is 2.30. The zero-order valence-electron chi connectivity index (χ0n) is 10.9. The quantitative estimate of drug-likeness (QED) is 0.816. The van der Waals surface area contributed by atoms with E-state index in [2.05, 4.69) is 4.72 Å². The fraction of sp³-hybridized carbons (Fsp3) is 0.500. The maximum Gasteiger partial charge on any atom is 0.352 e. The van der Waals surface area contributed by atoms with E-state index in [0.29, 0.717) is 0 Å². The summed E-state index contributed by atoms with van der Waals surface area (Å²) in [4.78, 5) is 11.1. The molecule has 20 heavy (non-hydrogen) atoms. The average molecular weight is 297 g/mol. The Hall–Kier alpha value is -1.85. The summed E-state index contributed by atoms with van der Waals surface area (Å²) in [5, 5.41) is 17.6. The Morgan fingerprint density at radius 2 is 2.30 bits per heavy atom. The third-order valence-electron chi connectivity index (χ3n) is 3.05. The summed E-state index contributed by atoms with van der Waals surface area (Å²) in [6.45, 7) is 1.58. The number of nitrogens with one attached hydrogen (secondary N) is 1. The number of hydrogen-bond acceptors (Lipinski definition) is 4. The van der Waals surface area contributed by atoms with Crippen molar-refractivity contribution in [2.45, 2.75) is 43.2 Å². The molecule has 108 valence electrons. The van der Waals surface area contributed by atoms with E-state index in [-0.39, 0.29) is 23.1 Å². The molecule has 0 amide bonds. The lowest BCUT2D eigenvalue weighted by molar-refractivity contribution is 0.0685. The summed E-state index contributed by atoms with van der Waals surface area (Å²) in [6.07, 6.45) is 3.11. The van der Waals surface area contributed by atoms with Crippen molar-refractivity contribution < 1.29 is 18.3 Å². The molecule has 0 bridgehead atoms. The zero-order valence-corrected chi connectivity index (χ0v) is 11.7. The van der Waals surface area contributed by atoms with Gasteiger partial charge in [0.15, 0.2) is 0 Å². The van der Waals surface area contributed by atoms with Crippen LogP contribution in [0.1, 0.15) is 42.7 Å². The minimum atomic E-state index is -3.81. The summed E-state index contributed by atoms with van der Waals surface area (Å²) in [7, 11) is -3.81. The van der Waals surface area contributed by atoms with E-state index >= 15 is 0 Å². The monoisotopic (exact) mass is 297 g/mol. The topological polar surface area (TPSA) is 112 Å². The second kappa shape index (κ2) is 5.26. The first-order chi connectivity index (χ1) is 9.35. The van der Waals surface area contributed by atoms with Gasteiger partial charge < -0.3 is 9.67 Å². The van der Waals surface area contributed by atoms with Gasteiger partial charge >= 0.3 is 5.97 Å². The molecule has 0 spiro atoms. The van der Waals surface area contributed by atoms with Crippen molar-refractivity contribution in [3.05, 3.63) is 18.0 Å². The first-order valence-electron chi connectivity index (χ1n) is 6.19. The molecule has 1 atom stereocenters. The Kier molecular flexibility index (Phi) is 3.83. The van der Waals surface area contributed by atoms with Crippen molar-refractivity contribution in [1.82, 2.24) is 9.29 Å². The summed E-state index contributed by atoms with van der Waals surface area (Å²) in [5.74, 6) is -1.15. The van der Waals surface area contributed by atoms with Crippen molar-refractivity contribution in [2.75, 3.05) is 0 Å². The number of carbonyl (C=O) groups is 1. The maximum absolute atomic E-state index is 12.1. The summed E-state index contributed by atoms with van der Waals surface area (Å²) < 4.78 is 28.1. The lowest BCUT2D eigenvalue weighted by Crippen LogP contribution is -2.32. The van der Waals surface area contributed by atoms with E-state index in [1.165, 1.54) is 10.8 Å². The number of rotatable bonds is 6. The van der Waals surface area contributed by atoms with Crippen LogP contribution in [0.25, 0.3) is 0 Å². The van der Waals surface area contributed by atoms with E-state index in [4.69, 9.17) is 10.4 Å². The molecule has 8 heteroatoms. The van der Waals surface area contributed by atoms with Crippen LogP contribution in [-0.2, 0) is 10.0 Å². The van der Waals surface area contributed by atoms with E-state index in [9.17, 15) is 13.2 Å². The molecule has 0 aromatic carbocycles. The van der Waals surface area contributed by atoms with Crippen LogP contribution in [0.5, 0.6) is 0 Å². The van der Waals surface area contributed by atoms with Gasteiger partial charge in [-0.25, -0.2) is 17.9 Å². The number of aromatic nitrogens is 1. The molecule has 1 aromatic heterocycles. The van der Waals surface area contributed by atoms with E-state index in [1.54, 1.807) is 6.92 Å². The van der Waals surface area contributed by atoms with Gasteiger partial charge in [0.25, 0.3) is 0 Å². The third kappa shape index (κ3) is 3.00. The second-order valence-corrected chi connectivity index (χ2v) is 6.60. The van der Waals surface area contributed by atoms with E-state index in [0.717, 1.165) is 18.9 Å². The predicted octanol–water partition coefficient (Wildman–Crippen LogP) is 1.10. The number of sulfonamides is 1. The molecule has 2 N–H and O–H groups in total. The highest BCUT2D eigenvalue weighted by Crippen LogP contribution is 2.37. The lowest BCUT2D eigenvalue weighted by Gasteiger charge is -2.09. The molecule has 1 aromatic rings. The van der Waals surface area contributed by atoms with Crippen molar-refractivity contribution in [2.24, 2.45) is 0 Å². The molecular weight excluding hydrogens is 282 g/mol. The highest BCUT2D eigenvalue weighted by molar-refractivity contribution is 7.89. The molecule has 0 aliphatic heterocycles. The minimum Gasteiger partial charge on any atom is -0.477 e. The SMILES string of the molecule is CC(CC#N)NS(=O)(=O)c1cc(C(=O)O)n(C2CC2)c1. The Morgan fingerprint density at radius 1 is 1.65 bits per heavy atom. The molecular formula is C12H15N3O4S. The van der Waals surface area contributed by atoms with E-state index < -0.39 is 22.0 Å². The van der Waals surface area contributed by atoms with Crippen LogP contribution in [0.3, 0.4) is 0 Å². The first-order valence-corrected chi connectivity index (χ1v) is 7.68. The standard InChI is InChI=1S/C12H15N3O4S/c1-8(4-5-13)14-20(18,19)10-6-11(12(16)17)15(7-10)9-2-3-9/h6-9,14H,2-4H2,1H3,(H,16,17). The van der Waals surface area contributed by atoms with Gasteiger partial charge in [0, 0.05) is 18.3 Å². The third-order valence-corrected chi connectivity index (χ3v) is 4.60.